The molecular formula is C12H13N7O2. The zero-order valence-corrected chi connectivity index (χ0v) is 11.5. The van der Waals surface area contributed by atoms with Crippen molar-refractivity contribution in [2.75, 3.05) is 12.0 Å². The van der Waals surface area contributed by atoms with Crippen molar-refractivity contribution in [3.05, 3.63) is 24.3 Å². The lowest BCUT2D eigenvalue weighted by Crippen LogP contribution is -2.18. The summed E-state index contributed by atoms with van der Waals surface area (Å²) >= 11 is 0. The Morgan fingerprint density at radius 2 is 2.38 bits per heavy atom. The summed E-state index contributed by atoms with van der Waals surface area (Å²) in [5.74, 6) is -0.214. The smallest absolute Gasteiger partial charge is 0.350 e. The van der Waals surface area contributed by atoms with Crippen LogP contribution in [0.5, 0.6) is 0 Å². The third-order valence-corrected chi connectivity index (χ3v) is 2.55. The molecule has 21 heavy (non-hydrogen) atoms. The molecule has 0 fully saturated rings. The van der Waals surface area contributed by atoms with Gasteiger partial charge in [-0.1, -0.05) is 0 Å². The Morgan fingerprint density at radius 3 is 3.10 bits per heavy atom. The topological polar surface area (TPSA) is 118 Å². The van der Waals surface area contributed by atoms with Crippen molar-refractivity contribution in [1.82, 2.24) is 25.2 Å². The number of nitriles is 1. The summed E-state index contributed by atoms with van der Waals surface area (Å²) in [5.41, 5.74) is 5.91. The van der Waals surface area contributed by atoms with E-state index in [-0.39, 0.29) is 12.2 Å². The van der Waals surface area contributed by atoms with E-state index in [1.54, 1.807) is 30.9 Å². The van der Waals surface area contributed by atoms with Crippen molar-refractivity contribution >= 4 is 22.8 Å². The monoisotopic (exact) mass is 287 g/mol. The summed E-state index contributed by atoms with van der Waals surface area (Å²) < 4.78 is 6.34. The first kappa shape index (κ1) is 14.3. The van der Waals surface area contributed by atoms with Gasteiger partial charge in [0.2, 0.25) is 0 Å². The molecular weight excluding hydrogens is 274 g/mol. The standard InChI is InChI=1S/C12H13N7O2/c1-3-21-12(20)8(4-13)5-16-18-10-9-6-17-19(2)11(9)15-7-14-10/h5-7,16H,3H2,1-2H3,(H,14,15,18)/b8-5-. The third-order valence-electron chi connectivity index (χ3n) is 2.55. The van der Waals surface area contributed by atoms with Gasteiger partial charge >= 0.3 is 5.97 Å². The molecule has 0 radical (unpaired) electrons. The van der Waals surface area contributed by atoms with E-state index in [0.29, 0.717) is 16.9 Å². The van der Waals surface area contributed by atoms with Crippen molar-refractivity contribution in [2.45, 2.75) is 6.92 Å². The summed E-state index contributed by atoms with van der Waals surface area (Å²) in [4.78, 5) is 19.6. The number of fused-ring (bicyclic) bond motifs is 1. The highest BCUT2D eigenvalue weighted by Gasteiger charge is 2.10. The van der Waals surface area contributed by atoms with Gasteiger partial charge in [0.1, 0.15) is 12.4 Å². The van der Waals surface area contributed by atoms with E-state index in [1.165, 1.54) is 12.5 Å². The summed E-state index contributed by atoms with van der Waals surface area (Å²) in [6.45, 7) is 1.87. The second-order valence-corrected chi connectivity index (χ2v) is 3.89. The minimum Gasteiger partial charge on any atom is -0.462 e. The molecule has 2 rings (SSSR count). The van der Waals surface area contributed by atoms with Crippen LogP contribution in [0.1, 0.15) is 6.92 Å². The van der Waals surface area contributed by atoms with Gasteiger partial charge in [0.25, 0.3) is 0 Å². The van der Waals surface area contributed by atoms with E-state index in [2.05, 4.69) is 25.9 Å². The highest BCUT2D eigenvalue weighted by molar-refractivity contribution is 5.92. The second-order valence-electron chi connectivity index (χ2n) is 3.89. The molecule has 0 aliphatic rings. The number of aromatic nitrogens is 4. The van der Waals surface area contributed by atoms with Crippen LogP contribution in [-0.4, -0.2) is 32.3 Å². The third kappa shape index (κ3) is 3.06. The number of anilines is 1. The van der Waals surface area contributed by atoms with Crippen LogP contribution in [-0.2, 0) is 16.6 Å². The van der Waals surface area contributed by atoms with Crippen molar-refractivity contribution in [3.63, 3.8) is 0 Å². The number of nitrogens with zero attached hydrogens (tertiary/aromatic N) is 5. The van der Waals surface area contributed by atoms with Gasteiger partial charge in [-0.3, -0.25) is 10.1 Å². The molecule has 0 aromatic carbocycles. The molecule has 0 spiro atoms. The van der Waals surface area contributed by atoms with Gasteiger partial charge in [0, 0.05) is 13.2 Å². The van der Waals surface area contributed by atoms with E-state index in [4.69, 9.17) is 10.00 Å². The molecule has 0 saturated carbocycles. The second kappa shape index (κ2) is 6.33. The average Bonchev–Trinajstić information content (AvgIpc) is 2.86. The van der Waals surface area contributed by atoms with Gasteiger partial charge in [0.15, 0.2) is 17.0 Å². The molecule has 9 nitrogen and oxygen atoms in total. The van der Waals surface area contributed by atoms with E-state index < -0.39 is 5.97 Å². The Balaban J connectivity index is 2.11. The fourth-order valence-electron chi connectivity index (χ4n) is 1.58. The minimum atomic E-state index is -0.691. The zero-order chi connectivity index (χ0) is 15.2. The molecule has 0 unspecified atom stereocenters. The number of hydrogen-bond donors (Lipinski definition) is 2. The summed E-state index contributed by atoms with van der Waals surface area (Å²) in [5, 5.41) is 13.6. The number of hydrazine groups is 1. The van der Waals surface area contributed by atoms with Crippen molar-refractivity contribution in [3.8, 4) is 6.07 Å². The van der Waals surface area contributed by atoms with Crippen molar-refractivity contribution in [1.29, 1.82) is 5.26 Å². The van der Waals surface area contributed by atoms with Crippen LogP contribution in [0.3, 0.4) is 0 Å². The summed E-state index contributed by atoms with van der Waals surface area (Å²) in [6.07, 6.45) is 4.20. The first-order chi connectivity index (χ1) is 10.2. The van der Waals surface area contributed by atoms with Gasteiger partial charge in [-0.25, -0.2) is 14.8 Å². The average molecular weight is 287 g/mol. The highest BCUT2D eigenvalue weighted by atomic mass is 16.5. The number of aryl methyl sites for hydroxylation is 1. The van der Waals surface area contributed by atoms with Crippen LogP contribution in [0, 0.1) is 11.3 Å². The SMILES string of the molecule is CCOC(=O)/C(C#N)=C\NNc1ncnc2c1cnn2C. The highest BCUT2D eigenvalue weighted by Crippen LogP contribution is 2.16. The van der Waals surface area contributed by atoms with Gasteiger partial charge in [-0.15, -0.1) is 0 Å². The summed E-state index contributed by atoms with van der Waals surface area (Å²) in [6, 6.07) is 1.75. The molecule has 108 valence electrons. The quantitative estimate of drug-likeness (QED) is 0.348. The molecule has 0 aliphatic carbocycles. The predicted octanol–water partition coefficient (Wildman–Crippen LogP) is 0.250. The normalized spacial score (nSPS) is 11.0. The maximum Gasteiger partial charge on any atom is 0.350 e. The van der Waals surface area contributed by atoms with Crippen LogP contribution in [0.2, 0.25) is 0 Å². The zero-order valence-electron chi connectivity index (χ0n) is 11.5. The lowest BCUT2D eigenvalue weighted by molar-refractivity contribution is -0.138. The van der Waals surface area contributed by atoms with Crippen molar-refractivity contribution < 1.29 is 9.53 Å². The molecule has 9 heteroatoms. The Hall–Kier alpha value is -3.15. The first-order valence-electron chi connectivity index (χ1n) is 6.09. The van der Waals surface area contributed by atoms with E-state index in [0.717, 1.165) is 0 Å². The lowest BCUT2D eigenvalue weighted by Gasteiger charge is -2.06. The minimum absolute atomic E-state index is 0.152. The number of esters is 1. The molecule has 2 aromatic rings. The van der Waals surface area contributed by atoms with Crippen LogP contribution < -0.4 is 10.9 Å². The molecule has 2 aromatic heterocycles. The van der Waals surface area contributed by atoms with E-state index in [1.807, 2.05) is 0 Å². The van der Waals surface area contributed by atoms with Gasteiger partial charge in [-0.2, -0.15) is 10.4 Å². The fourth-order valence-corrected chi connectivity index (χ4v) is 1.58. The van der Waals surface area contributed by atoms with Crippen LogP contribution >= 0.6 is 0 Å². The van der Waals surface area contributed by atoms with Crippen LogP contribution in [0.4, 0.5) is 5.82 Å². The number of carbonyl (C=O) groups is 1. The van der Waals surface area contributed by atoms with Crippen LogP contribution in [0.25, 0.3) is 11.0 Å². The van der Waals surface area contributed by atoms with Crippen molar-refractivity contribution in [2.24, 2.45) is 7.05 Å². The lowest BCUT2D eigenvalue weighted by atomic mass is 10.3. The first-order valence-corrected chi connectivity index (χ1v) is 6.09. The Labute approximate surface area is 120 Å². The molecule has 0 aliphatic heterocycles. The van der Waals surface area contributed by atoms with Gasteiger partial charge in [-0.05, 0) is 6.92 Å². The maximum absolute atomic E-state index is 11.4. The van der Waals surface area contributed by atoms with Crippen LogP contribution in [0.15, 0.2) is 24.3 Å². The Kier molecular flexibility index (Phi) is 4.30. The predicted molar refractivity (Wildman–Crippen MR) is 73.4 cm³/mol. The van der Waals surface area contributed by atoms with Gasteiger partial charge < -0.3 is 10.2 Å². The number of carbonyl (C=O) groups excluding carboxylic acids is 1. The summed E-state index contributed by atoms with van der Waals surface area (Å²) in [7, 11) is 1.76. The van der Waals surface area contributed by atoms with E-state index >= 15 is 0 Å². The largest absolute Gasteiger partial charge is 0.462 e. The molecule has 0 bridgehead atoms. The number of hydrogen-bond acceptors (Lipinski definition) is 8. The maximum atomic E-state index is 11.4. The number of nitrogens with one attached hydrogen (secondary N) is 2. The molecule has 0 atom stereocenters. The molecule has 0 saturated heterocycles. The fraction of sp³-hybridized carbons (Fsp3) is 0.250. The molecule has 2 N–H and O–H groups in total. The number of ether oxygens (including phenoxy) is 1. The Morgan fingerprint density at radius 1 is 1.57 bits per heavy atom. The van der Waals surface area contributed by atoms with E-state index in [9.17, 15) is 4.79 Å². The Bertz CT molecular complexity index is 729. The van der Waals surface area contributed by atoms with Gasteiger partial charge in [0.05, 0.1) is 18.2 Å². The molecule has 0 amide bonds. The molecule has 2 heterocycles. The number of rotatable bonds is 5.